The van der Waals surface area contributed by atoms with Crippen molar-refractivity contribution in [2.75, 3.05) is 25.0 Å². The number of nitrogens with one attached hydrogen (secondary N) is 3. The van der Waals surface area contributed by atoms with Crippen molar-refractivity contribution in [3.8, 4) is 5.75 Å². The van der Waals surface area contributed by atoms with Gasteiger partial charge in [-0.2, -0.15) is 0 Å². The topological polar surface area (TPSA) is 84.0 Å². The normalized spacial score (nSPS) is 16.5. The van der Waals surface area contributed by atoms with Crippen molar-refractivity contribution in [2.24, 2.45) is 4.99 Å². The molecule has 7 nitrogen and oxygen atoms in total. The van der Waals surface area contributed by atoms with Crippen LogP contribution in [-0.2, 0) is 16.1 Å². The number of anilines is 1. The number of hydrogen-bond donors (Lipinski definition) is 3. The number of hydrogen-bond acceptors (Lipinski definition) is 4. The van der Waals surface area contributed by atoms with Crippen molar-refractivity contribution in [1.29, 1.82) is 0 Å². The first-order valence-electron chi connectivity index (χ1n) is 11.0. The first-order chi connectivity index (χ1) is 15.5. The number of rotatable bonds is 9. The Labute approximate surface area is 211 Å². The number of guanidine groups is 1. The van der Waals surface area contributed by atoms with Crippen LogP contribution in [0, 0.1) is 5.82 Å². The largest absolute Gasteiger partial charge is 0.486 e. The summed E-state index contributed by atoms with van der Waals surface area (Å²) in [5.74, 6) is 0.365. The standard InChI is InChI=1S/C24H31FN4O3.HI/c1-3-26-24(27-15-17(2)32-21-11-5-4-10-20(21)25)28-16-18-8-6-9-19(14-18)29-23(30)22-12-7-13-31-22;/h4-6,8-11,14,17,22H,3,7,12-13,15-16H2,1-2H3,(H,29,30)(H2,26,27,28);1H. The molecule has 0 radical (unpaired) electrons. The number of nitrogens with zero attached hydrogens (tertiary/aromatic N) is 1. The van der Waals surface area contributed by atoms with Crippen molar-refractivity contribution in [1.82, 2.24) is 10.6 Å². The molecule has 2 unspecified atom stereocenters. The smallest absolute Gasteiger partial charge is 0.253 e. The summed E-state index contributed by atoms with van der Waals surface area (Å²) in [4.78, 5) is 16.9. The van der Waals surface area contributed by atoms with Gasteiger partial charge in [0.1, 0.15) is 12.2 Å². The molecule has 1 aliphatic rings. The van der Waals surface area contributed by atoms with E-state index in [1.165, 1.54) is 6.07 Å². The van der Waals surface area contributed by atoms with E-state index in [-0.39, 0.29) is 53.7 Å². The van der Waals surface area contributed by atoms with Gasteiger partial charge in [0.2, 0.25) is 0 Å². The maximum atomic E-state index is 13.8. The maximum absolute atomic E-state index is 13.8. The van der Waals surface area contributed by atoms with Gasteiger partial charge in [0.15, 0.2) is 17.5 Å². The van der Waals surface area contributed by atoms with Crippen LogP contribution in [0.1, 0.15) is 32.3 Å². The Kier molecular flexibility index (Phi) is 11.4. The summed E-state index contributed by atoms with van der Waals surface area (Å²) in [5.41, 5.74) is 1.69. The first-order valence-corrected chi connectivity index (χ1v) is 11.0. The van der Waals surface area contributed by atoms with E-state index in [1.54, 1.807) is 18.2 Å². The second kappa shape index (κ2) is 14.0. The molecule has 0 aliphatic carbocycles. The summed E-state index contributed by atoms with van der Waals surface area (Å²) in [6.07, 6.45) is 1.05. The molecule has 2 atom stereocenters. The molecular formula is C24H32FIN4O3. The number of halogens is 2. The maximum Gasteiger partial charge on any atom is 0.253 e. The van der Waals surface area contributed by atoms with Gasteiger partial charge in [0.25, 0.3) is 5.91 Å². The molecule has 1 aliphatic heterocycles. The molecule has 0 aromatic heterocycles. The summed E-state index contributed by atoms with van der Waals surface area (Å²) in [5, 5.41) is 9.32. The zero-order chi connectivity index (χ0) is 22.8. The molecule has 33 heavy (non-hydrogen) atoms. The number of aliphatic imine (C=N–C) groups is 1. The third-order valence-corrected chi connectivity index (χ3v) is 4.90. The van der Waals surface area contributed by atoms with Crippen LogP contribution in [0.4, 0.5) is 10.1 Å². The quantitative estimate of drug-likeness (QED) is 0.241. The van der Waals surface area contributed by atoms with Gasteiger partial charge < -0.3 is 25.4 Å². The Bertz CT molecular complexity index is 922. The van der Waals surface area contributed by atoms with E-state index in [4.69, 9.17) is 9.47 Å². The molecule has 1 amide bonds. The molecule has 0 spiro atoms. The average molecular weight is 570 g/mol. The van der Waals surface area contributed by atoms with Crippen molar-refractivity contribution >= 4 is 41.5 Å². The van der Waals surface area contributed by atoms with E-state index in [0.717, 1.165) is 24.1 Å². The van der Waals surface area contributed by atoms with E-state index in [1.807, 2.05) is 38.1 Å². The summed E-state index contributed by atoms with van der Waals surface area (Å²) < 4.78 is 24.9. The lowest BCUT2D eigenvalue weighted by Crippen LogP contribution is -2.41. The van der Waals surface area contributed by atoms with Gasteiger partial charge in [0, 0.05) is 18.8 Å². The van der Waals surface area contributed by atoms with Gasteiger partial charge in [-0.15, -0.1) is 24.0 Å². The number of benzene rings is 2. The zero-order valence-electron chi connectivity index (χ0n) is 19.0. The Balaban J connectivity index is 0.00000385. The molecule has 1 heterocycles. The minimum absolute atomic E-state index is 0. The highest BCUT2D eigenvalue weighted by Gasteiger charge is 2.23. The first kappa shape index (κ1) is 26.8. The zero-order valence-corrected chi connectivity index (χ0v) is 21.3. The van der Waals surface area contributed by atoms with Crippen LogP contribution in [0.2, 0.25) is 0 Å². The van der Waals surface area contributed by atoms with Crippen LogP contribution in [0.25, 0.3) is 0 Å². The van der Waals surface area contributed by atoms with Crippen LogP contribution >= 0.6 is 24.0 Å². The van der Waals surface area contributed by atoms with Gasteiger partial charge >= 0.3 is 0 Å². The number of carbonyl (C=O) groups is 1. The van der Waals surface area contributed by atoms with Crippen LogP contribution in [0.15, 0.2) is 53.5 Å². The Morgan fingerprint density at radius 3 is 2.79 bits per heavy atom. The van der Waals surface area contributed by atoms with Crippen molar-refractivity contribution in [3.05, 3.63) is 59.9 Å². The fraction of sp³-hybridized carbons (Fsp3) is 0.417. The summed E-state index contributed by atoms with van der Waals surface area (Å²) in [7, 11) is 0. The van der Waals surface area contributed by atoms with E-state index >= 15 is 0 Å². The van der Waals surface area contributed by atoms with Crippen LogP contribution in [-0.4, -0.2) is 43.8 Å². The van der Waals surface area contributed by atoms with Crippen LogP contribution < -0.4 is 20.7 Å². The number of para-hydroxylation sites is 1. The predicted octanol–water partition coefficient (Wildman–Crippen LogP) is 4.08. The summed E-state index contributed by atoms with van der Waals surface area (Å²) in [6.45, 7) is 6.07. The molecule has 9 heteroatoms. The number of carbonyl (C=O) groups excluding carboxylic acids is 1. The van der Waals surface area contributed by atoms with E-state index in [2.05, 4.69) is 20.9 Å². The molecule has 180 valence electrons. The van der Waals surface area contributed by atoms with Gasteiger partial charge in [0.05, 0.1) is 13.1 Å². The molecule has 3 N–H and O–H groups in total. The molecule has 2 aromatic carbocycles. The van der Waals surface area contributed by atoms with Gasteiger partial charge in [-0.05, 0) is 56.5 Å². The third kappa shape index (κ3) is 8.81. The van der Waals surface area contributed by atoms with Crippen molar-refractivity contribution in [3.63, 3.8) is 0 Å². The third-order valence-electron chi connectivity index (χ3n) is 4.90. The molecule has 1 fully saturated rings. The van der Waals surface area contributed by atoms with Crippen molar-refractivity contribution < 1.29 is 18.7 Å². The highest BCUT2D eigenvalue weighted by Crippen LogP contribution is 2.18. The highest BCUT2D eigenvalue weighted by molar-refractivity contribution is 14.0. The molecule has 0 saturated carbocycles. The Hall–Kier alpha value is -2.40. The van der Waals surface area contributed by atoms with E-state index in [9.17, 15) is 9.18 Å². The van der Waals surface area contributed by atoms with Gasteiger partial charge in [-0.25, -0.2) is 9.38 Å². The lowest BCUT2D eigenvalue weighted by atomic mass is 10.2. The minimum atomic E-state index is -0.383. The minimum Gasteiger partial charge on any atom is -0.486 e. The molecule has 2 aromatic rings. The molecule has 1 saturated heterocycles. The average Bonchev–Trinajstić information content (AvgIpc) is 3.33. The fourth-order valence-corrected chi connectivity index (χ4v) is 3.31. The SMILES string of the molecule is CCNC(=NCc1cccc(NC(=O)C2CCCO2)c1)NCC(C)Oc1ccccc1F.I. The predicted molar refractivity (Wildman–Crippen MR) is 139 cm³/mol. The van der Waals surface area contributed by atoms with Gasteiger partial charge in [-0.1, -0.05) is 24.3 Å². The Morgan fingerprint density at radius 1 is 1.24 bits per heavy atom. The fourth-order valence-electron chi connectivity index (χ4n) is 3.31. The van der Waals surface area contributed by atoms with E-state index in [0.29, 0.717) is 32.2 Å². The lowest BCUT2D eigenvalue weighted by molar-refractivity contribution is -0.124. The monoisotopic (exact) mass is 570 g/mol. The number of ether oxygens (including phenoxy) is 2. The highest BCUT2D eigenvalue weighted by atomic mass is 127. The molecular weight excluding hydrogens is 538 g/mol. The van der Waals surface area contributed by atoms with Gasteiger partial charge in [-0.3, -0.25) is 4.79 Å². The second-order valence-electron chi connectivity index (χ2n) is 7.63. The van der Waals surface area contributed by atoms with Crippen molar-refractivity contribution in [2.45, 2.75) is 45.4 Å². The molecule has 0 bridgehead atoms. The number of amides is 1. The lowest BCUT2D eigenvalue weighted by Gasteiger charge is -2.18. The summed E-state index contributed by atoms with van der Waals surface area (Å²) >= 11 is 0. The van der Waals surface area contributed by atoms with Crippen LogP contribution in [0.5, 0.6) is 5.75 Å². The molecule has 3 rings (SSSR count). The Morgan fingerprint density at radius 2 is 2.06 bits per heavy atom. The summed E-state index contributed by atoms with van der Waals surface area (Å²) in [6, 6.07) is 14.0. The second-order valence-corrected chi connectivity index (χ2v) is 7.63. The van der Waals surface area contributed by atoms with Crippen LogP contribution in [0.3, 0.4) is 0 Å². The van der Waals surface area contributed by atoms with E-state index < -0.39 is 0 Å².